The van der Waals surface area contributed by atoms with Crippen LogP contribution in [0.2, 0.25) is 0 Å². The molecule has 0 radical (unpaired) electrons. The summed E-state index contributed by atoms with van der Waals surface area (Å²) in [5.41, 5.74) is 7.13. The van der Waals surface area contributed by atoms with Crippen LogP contribution in [0.1, 0.15) is 18.5 Å². The van der Waals surface area contributed by atoms with Gasteiger partial charge in [0.15, 0.2) is 11.5 Å². The fraction of sp³-hybridized carbons (Fsp3) is 0.500. The molecule has 1 aromatic rings. The van der Waals surface area contributed by atoms with Gasteiger partial charge in [0.25, 0.3) is 0 Å². The van der Waals surface area contributed by atoms with E-state index in [1.807, 2.05) is 25.1 Å². The summed E-state index contributed by atoms with van der Waals surface area (Å²) in [6, 6.07) is 5.72. The lowest BCUT2D eigenvalue weighted by Gasteiger charge is -2.14. The largest absolute Gasteiger partial charge is 0.454 e. The third-order valence-electron chi connectivity index (χ3n) is 2.64. The molecule has 2 unspecified atom stereocenters. The second kappa shape index (κ2) is 5.62. The number of hydrogen-bond donors (Lipinski definition) is 2. The first kappa shape index (κ1) is 12.5. The number of aliphatic hydroxyl groups is 1. The monoisotopic (exact) mass is 255 g/mol. The summed E-state index contributed by atoms with van der Waals surface area (Å²) in [5.74, 6) is 2.32. The van der Waals surface area contributed by atoms with E-state index < -0.39 is 0 Å². The molecule has 3 N–H and O–H groups in total. The zero-order valence-electron chi connectivity index (χ0n) is 9.76. The predicted octanol–water partition coefficient (Wildman–Crippen LogP) is 1.53. The smallest absolute Gasteiger partial charge is 0.231 e. The molecule has 0 spiro atoms. The van der Waals surface area contributed by atoms with E-state index >= 15 is 0 Å². The van der Waals surface area contributed by atoms with Gasteiger partial charge in [0.2, 0.25) is 6.79 Å². The average molecular weight is 255 g/mol. The average Bonchev–Trinajstić information content (AvgIpc) is 2.82. The van der Waals surface area contributed by atoms with Gasteiger partial charge < -0.3 is 20.3 Å². The number of thioether (sulfide) groups is 1. The Morgan fingerprint density at radius 2 is 2.18 bits per heavy atom. The molecule has 0 fully saturated rings. The Morgan fingerprint density at radius 3 is 2.94 bits per heavy atom. The highest BCUT2D eigenvalue weighted by atomic mass is 32.2. The van der Waals surface area contributed by atoms with Gasteiger partial charge in [-0.2, -0.15) is 11.8 Å². The van der Waals surface area contributed by atoms with Crippen molar-refractivity contribution in [2.45, 2.75) is 18.2 Å². The number of ether oxygens (including phenoxy) is 2. The van der Waals surface area contributed by atoms with Crippen LogP contribution in [0, 0.1) is 0 Å². The lowest BCUT2D eigenvalue weighted by atomic mass is 10.1. The summed E-state index contributed by atoms with van der Waals surface area (Å²) in [6.07, 6.45) is 0. The predicted molar refractivity (Wildman–Crippen MR) is 68.5 cm³/mol. The molecule has 2 rings (SSSR count). The molecule has 17 heavy (non-hydrogen) atoms. The molecule has 5 heteroatoms. The number of aliphatic hydroxyl groups excluding tert-OH is 1. The second-order valence-corrected chi connectivity index (χ2v) is 5.52. The summed E-state index contributed by atoms with van der Waals surface area (Å²) in [7, 11) is 0. The lowest BCUT2D eigenvalue weighted by molar-refractivity contribution is 0.174. The van der Waals surface area contributed by atoms with Gasteiger partial charge in [-0.1, -0.05) is 13.0 Å². The third kappa shape index (κ3) is 3.06. The summed E-state index contributed by atoms with van der Waals surface area (Å²) in [4.78, 5) is 0. The maximum Gasteiger partial charge on any atom is 0.231 e. The van der Waals surface area contributed by atoms with Crippen molar-refractivity contribution in [3.05, 3.63) is 23.8 Å². The van der Waals surface area contributed by atoms with Gasteiger partial charge in [0.1, 0.15) is 0 Å². The van der Waals surface area contributed by atoms with Gasteiger partial charge >= 0.3 is 0 Å². The van der Waals surface area contributed by atoms with Crippen molar-refractivity contribution in [1.29, 1.82) is 0 Å². The zero-order chi connectivity index (χ0) is 12.3. The molecule has 1 heterocycles. The second-order valence-electron chi connectivity index (χ2n) is 4.05. The van der Waals surface area contributed by atoms with Crippen molar-refractivity contribution in [3.8, 4) is 11.5 Å². The lowest BCUT2D eigenvalue weighted by Crippen LogP contribution is -2.15. The first-order chi connectivity index (χ1) is 8.20. The Balaban J connectivity index is 1.97. The van der Waals surface area contributed by atoms with Crippen LogP contribution >= 0.6 is 11.8 Å². The normalized spacial score (nSPS) is 16.9. The molecule has 0 aliphatic carbocycles. The summed E-state index contributed by atoms with van der Waals surface area (Å²) < 4.78 is 10.6. The van der Waals surface area contributed by atoms with Gasteiger partial charge in [-0.25, -0.2) is 0 Å². The van der Waals surface area contributed by atoms with Crippen LogP contribution in [0.3, 0.4) is 0 Å². The van der Waals surface area contributed by atoms with Gasteiger partial charge in [-0.05, 0) is 17.7 Å². The van der Waals surface area contributed by atoms with E-state index in [0.29, 0.717) is 0 Å². The Morgan fingerprint density at radius 1 is 1.41 bits per heavy atom. The van der Waals surface area contributed by atoms with Crippen LogP contribution in [0.4, 0.5) is 0 Å². The number of rotatable bonds is 5. The molecular formula is C12H17NO3S. The molecule has 2 atom stereocenters. The number of fused-ring (bicyclic) bond motifs is 1. The topological polar surface area (TPSA) is 64.7 Å². The van der Waals surface area contributed by atoms with E-state index in [4.69, 9.17) is 20.3 Å². The molecule has 1 aliphatic rings. The molecule has 0 saturated heterocycles. The van der Waals surface area contributed by atoms with Crippen LogP contribution in [0.15, 0.2) is 18.2 Å². The fourth-order valence-corrected chi connectivity index (χ4v) is 2.39. The third-order valence-corrected chi connectivity index (χ3v) is 3.91. The number of nitrogens with two attached hydrogens (primary N) is 1. The minimum atomic E-state index is -0.0523. The Hall–Kier alpha value is -0.910. The first-order valence-corrected chi connectivity index (χ1v) is 6.63. The molecule has 1 aromatic carbocycles. The van der Waals surface area contributed by atoms with Gasteiger partial charge in [-0.15, -0.1) is 0 Å². The minimum absolute atomic E-state index is 0.0523. The maximum atomic E-state index is 8.95. The van der Waals surface area contributed by atoms with E-state index in [1.165, 1.54) is 0 Å². The first-order valence-electron chi connectivity index (χ1n) is 5.58. The van der Waals surface area contributed by atoms with Crippen LogP contribution in [-0.4, -0.2) is 29.5 Å². The standard InChI is InChI=1S/C12H17NO3S/c1-8(5-14)17-6-10(13)9-2-3-11-12(4-9)16-7-15-11/h2-4,8,10,14H,5-7,13H2,1H3. The van der Waals surface area contributed by atoms with Gasteiger partial charge in [0, 0.05) is 17.0 Å². The molecule has 4 nitrogen and oxygen atoms in total. The van der Waals surface area contributed by atoms with Crippen LogP contribution in [0.5, 0.6) is 11.5 Å². The molecule has 0 aromatic heterocycles. The summed E-state index contributed by atoms with van der Waals surface area (Å²) in [6.45, 7) is 2.44. The van der Waals surface area contributed by atoms with Crippen molar-refractivity contribution in [3.63, 3.8) is 0 Å². The van der Waals surface area contributed by atoms with E-state index in [-0.39, 0.29) is 24.7 Å². The molecule has 0 saturated carbocycles. The Labute approximate surface area is 105 Å². The Kier molecular flexibility index (Phi) is 4.15. The molecule has 1 aliphatic heterocycles. The summed E-state index contributed by atoms with van der Waals surface area (Å²) >= 11 is 1.67. The summed E-state index contributed by atoms with van der Waals surface area (Å²) in [5, 5.41) is 9.16. The van der Waals surface area contributed by atoms with Crippen molar-refractivity contribution in [2.75, 3.05) is 19.2 Å². The molecule has 0 amide bonds. The zero-order valence-corrected chi connectivity index (χ0v) is 10.6. The van der Waals surface area contributed by atoms with E-state index in [0.717, 1.165) is 22.8 Å². The van der Waals surface area contributed by atoms with Crippen molar-refractivity contribution in [2.24, 2.45) is 5.73 Å². The fourth-order valence-electron chi connectivity index (χ4n) is 1.56. The number of hydrogen-bond acceptors (Lipinski definition) is 5. The number of benzene rings is 1. The minimum Gasteiger partial charge on any atom is -0.454 e. The van der Waals surface area contributed by atoms with Crippen molar-refractivity contribution in [1.82, 2.24) is 0 Å². The Bertz CT molecular complexity index is 386. The highest BCUT2D eigenvalue weighted by molar-refractivity contribution is 7.99. The van der Waals surface area contributed by atoms with Crippen LogP contribution in [0.25, 0.3) is 0 Å². The van der Waals surface area contributed by atoms with Crippen molar-refractivity contribution >= 4 is 11.8 Å². The van der Waals surface area contributed by atoms with E-state index in [9.17, 15) is 0 Å². The van der Waals surface area contributed by atoms with Gasteiger partial charge in [-0.3, -0.25) is 0 Å². The molecule has 0 bridgehead atoms. The quantitative estimate of drug-likeness (QED) is 0.835. The molecular weight excluding hydrogens is 238 g/mol. The van der Waals surface area contributed by atoms with Crippen molar-refractivity contribution < 1.29 is 14.6 Å². The van der Waals surface area contributed by atoms with E-state index in [2.05, 4.69) is 0 Å². The highest BCUT2D eigenvalue weighted by Gasteiger charge is 2.16. The maximum absolute atomic E-state index is 8.95. The SMILES string of the molecule is CC(CO)SCC(N)c1ccc2c(c1)OCO2. The van der Waals surface area contributed by atoms with Crippen LogP contribution < -0.4 is 15.2 Å². The van der Waals surface area contributed by atoms with Gasteiger partial charge in [0.05, 0.1) is 6.61 Å². The van der Waals surface area contributed by atoms with Crippen LogP contribution in [-0.2, 0) is 0 Å². The van der Waals surface area contributed by atoms with E-state index in [1.54, 1.807) is 11.8 Å². The highest BCUT2D eigenvalue weighted by Crippen LogP contribution is 2.34. The molecule has 94 valence electrons.